The molecule has 1 saturated heterocycles. The van der Waals surface area contributed by atoms with E-state index in [1.54, 1.807) is 0 Å². The molecular weight excluding hydrogens is 222 g/mol. The van der Waals surface area contributed by atoms with Crippen LogP contribution in [0.4, 0.5) is 0 Å². The Balaban J connectivity index is 1.57. The second-order valence-electron chi connectivity index (χ2n) is 6.68. The van der Waals surface area contributed by atoms with Crippen LogP contribution in [-0.2, 0) is 4.79 Å². The van der Waals surface area contributed by atoms with Crippen LogP contribution in [0.3, 0.4) is 0 Å². The van der Waals surface area contributed by atoms with Crippen LogP contribution in [0.1, 0.15) is 70.6 Å². The first kappa shape index (κ1) is 12.7. The van der Waals surface area contributed by atoms with Gasteiger partial charge in [-0.3, -0.25) is 4.79 Å². The molecule has 3 rings (SSSR count). The van der Waals surface area contributed by atoms with E-state index in [9.17, 15) is 4.79 Å². The van der Waals surface area contributed by atoms with Crippen molar-refractivity contribution in [2.75, 3.05) is 0 Å². The molecule has 0 aromatic rings. The smallest absolute Gasteiger partial charge is 0.152 e. The standard InChI is InChI=1S/C16H27NO/c18-16(13-7-2-1-3-8-13)15-11-10-12-6-4-5-9-14(12)17-15/h12-15,17H,1-11H2. The number of rotatable bonds is 2. The molecule has 102 valence electrons. The Morgan fingerprint density at radius 2 is 1.50 bits per heavy atom. The van der Waals surface area contributed by atoms with E-state index in [-0.39, 0.29) is 6.04 Å². The summed E-state index contributed by atoms with van der Waals surface area (Å²) in [5.74, 6) is 1.81. The van der Waals surface area contributed by atoms with E-state index in [1.165, 1.54) is 51.4 Å². The van der Waals surface area contributed by atoms with Gasteiger partial charge in [0.2, 0.25) is 0 Å². The zero-order valence-corrected chi connectivity index (χ0v) is 11.5. The van der Waals surface area contributed by atoms with E-state index >= 15 is 0 Å². The summed E-state index contributed by atoms with van der Waals surface area (Å²) in [5.41, 5.74) is 0. The molecule has 0 amide bonds. The molecule has 2 heteroatoms. The summed E-state index contributed by atoms with van der Waals surface area (Å²) in [5, 5.41) is 3.70. The van der Waals surface area contributed by atoms with Crippen LogP contribution >= 0.6 is 0 Å². The van der Waals surface area contributed by atoms with E-state index in [0.717, 1.165) is 25.2 Å². The van der Waals surface area contributed by atoms with Gasteiger partial charge in [-0.15, -0.1) is 0 Å². The van der Waals surface area contributed by atoms with E-state index in [4.69, 9.17) is 0 Å². The molecule has 0 aromatic carbocycles. The van der Waals surface area contributed by atoms with E-state index in [1.807, 2.05) is 0 Å². The Morgan fingerprint density at radius 3 is 2.33 bits per heavy atom. The Hall–Kier alpha value is -0.370. The van der Waals surface area contributed by atoms with Gasteiger partial charge in [-0.1, -0.05) is 32.1 Å². The van der Waals surface area contributed by atoms with E-state index < -0.39 is 0 Å². The molecule has 1 aliphatic heterocycles. The number of hydrogen-bond acceptors (Lipinski definition) is 2. The Kier molecular flexibility index (Phi) is 4.03. The predicted octanol–water partition coefficient (Wildman–Crippen LogP) is 3.45. The zero-order valence-electron chi connectivity index (χ0n) is 11.5. The topological polar surface area (TPSA) is 29.1 Å². The number of Topliss-reactive ketones (excluding diaryl/α,β-unsaturated/α-hetero) is 1. The summed E-state index contributed by atoms with van der Waals surface area (Å²) >= 11 is 0. The SMILES string of the molecule is O=C(C1CCCCC1)C1CCC2CCCCC2N1. The monoisotopic (exact) mass is 249 g/mol. The molecule has 0 radical (unpaired) electrons. The van der Waals surface area contributed by atoms with Crippen LogP contribution in [0, 0.1) is 11.8 Å². The van der Waals surface area contributed by atoms with Crippen LogP contribution in [0.2, 0.25) is 0 Å². The Labute approximate surface area is 111 Å². The second kappa shape index (κ2) is 5.73. The van der Waals surface area contributed by atoms with Gasteiger partial charge < -0.3 is 5.32 Å². The van der Waals surface area contributed by atoms with Gasteiger partial charge in [0.1, 0.15) is 0 Å². The quantitative estimate of drug-likeness (QED) is 0.812. The molecule has 3 aliphatic rings. The van der Waals surface area contributed by atoms with Crippen LogP contribution in [0.25, 0.3) is 0 Å². The zero-order chi connectivity index (χ0) is 12.4. The third-order valence-electron chi connectivity index (χ3n) is 5.50. The minimum absolute atomic E-state index is 0.201. The van der Waals surface area contributed by atoms with Crippen molar-refractivity contribution in [3.05, 3.63) is 0 Å². The normalized spacial score (nSPS) is 38.1. The van der Waals surface area contributed by atoms with Gasteiger partial charge in [-0.25, -0.2) is 0 Å². The van der Waals surface area contributed by atoms with Gasteiger partial charge in [-0.05, 0) is 44.4 Å². The summed E-state index contributed by atoms with van der Waals surface area (Å²) in [6, 6.07) is 0.859. The van der Waals surface area contributed by atoms with Crippen molar-refractivity contribution in [2.45, 2.75) is 82.7 Å². The van der Waals surface area contributed by atoms with Gasteiger partial charge in [0, 0.05) is 12.0 Å². The highest BCUT2D eigenvalue weighted by atomic mass is 16.1. The van der Waals surface area contributed by atoms with Gasteiger partial charge in [-0.2, -0.15) is 0 Å². The van der Waals surface area contributed by atoms with Crippen LogP contribution in [0.15, 0.2) is 0 Å². The van der Waals surface area contributed by atoms with Gasteiger partial charge in [0.15, 0.2) is 5.78 Å². The first-order chi connectivity index (χ1) is 8.84. The molecule has 0 bridgehead atoms. The highest BCUT2D eigenvalue weighted by Gasteiger charge is 2.36. The molecule has 2 aliphatic carbocycles. The molecule has 2 nitrogen and oxygen atoms in total. The lowest BCUT2D eigenvalue weighted by Crippen LogP contribution is -2.53. The van der Waals surface area contributed by atoms with Crippen LogP contribution < -0.4 is 5.32 Å². The number of fused-ring (bicyclic) bond motifs is 1. The number of piperidine rings is 1. The third-order valence-corrected chi connectivity index (χ3v) is 5.50. The van der Waals surface area contributed by atoms with Crippen molar-refractivity contribution >= 4 is 5.78 Å². The molecular formula is C16H27NO. The first-order valence-corrected chi connectivity index (χ1v) is 8.14. The molecule has 1 heterocycles. The summed E-state index contributed by atoms with van der Waals surface area (Å²) in [6.07, 6.45) is 14.1. The second-order valence-corrected chi connectivity index (χ2v) is 6.68. The fourth-order valence-electron chi connectivity index (χ4n) is 4.39. The summed E-state index contributed by atoms with van der Waals surface area (Å²) in [4.78, 5) is 12.6. The van der Waals surface area contributed by atoms with Crippen molar-refractivity contribution < 1.29 is 4.79 Å². The molecule has 18 heavy (non-hydrogen) atoms. The van der Waals surface area contributed by atoms with Crippen molar-refractivity contribution in [1.29, 1.82) is 0 Å². The highest BCUT2D eigenvalue weighted by Crippen LogP contribution is 2.34. The van der Waals surface area contributed by atoms with Crippen molar-refractivity contribution in [1.82, 2.24) is 5.32 Å². The maximum absolute atomic E-state index is 12.6. The Bertz CT molecular complexity index is 295. The molecule has 0 aromatic heterocycles. The van der Waals surface area contributed by atoms with Crippen molar-refractivity contribution in [3.8, 4) is 0 Å². The lowest BCUT2D eigenvalue weighted by Gasteiger charge is -2.41. The van der Waals surface area contributed by atoms with Crippen molar-refractivity contribution in [3.63, 3.8) is 0 Å². The minimum Gasteiger partial charge on any atom is -0.304 e. The predicted molar refractivity (Wildman–Crippen MR) is 73.5 cm³/mol. The average molecular weight is 249 g/mol. The average Bonchev–Trinajstić information content (AvgIpc) is 2.47. The lowest BCUT2D eigenvalue weighted by molar-refractivity contribution is -0.127. The number of nitrogens with one attached hydrogen (secondary N) is 1. The summed E-state index contributed by atoms with van der Waals surface area (Å²) < 4.78 is 0. The van der Waals surface area contributed by atoms with Gasteiger partial charge in [0.25, 0.3) is 0 Å². The molecule has 0 spiro atoms. The Morgan fingerprint density at radius 1 is 0.778 bits per heavy atom. The molecule has 3 atom stereocenters. The fourth-order valence-corrected chi connectivity index (χ4v) is 4.39. The molecule has 3 unspecified atom stereocenters. The summed E-state index contributed by atoms with van der Waals surface area (Å²) in [6.45, 7) is 0. The minimum atomic E-state index is 0.201. The fraction of sp³-hybridized carbons (Fsp3) is 0.938. The maximum Gasteiger partial charge on any atom is 0.152 e. The lowest BCUT2D eigenvalue weighted by atomic mass is 9.75. The molecule has 1 N–H and O–H groups in total. The van der Waals surface area contributed by atoms with Crippen LogP contribution in [-0.4, -0.2) is 17.9 Å². The van der Waals surface area contributed by atoms with Crippen LogP contribution in [0.5, 0.6) is 0 Å². The molecule has 2 saturated carbocycles. The number of carbonyl (C=O) groups excluding carboxylic acids is 1. The third kappa shape index (κ3) is 2.64. The first-order valence-electron chi connectivity index (χ1n) is 8.14. The van der Waals surface area contributed by atoms with E-state index in [0.29, 0.717) is 17.7 Å². The van der Waals surface area contributed by atoms with Crippen molar-refractivity contribution in [2.24, 2.45) is 11.8 Å². The number of carbonyl (C=O) groups is 1. The largest absolute Gasteiger partial charge is 0.304 e. The molecule has 3 fully saturated rings. The van der Waals surface area contributed by atoms with Gasteiger partial charge in [0.05, 0.1) is 6.04 Å². The number of hydrogen-bond donors (Lipinski definition) is 1. The summed E-state index contributed by atoms with van der Waals surface area (Å²) in [7, 11) is 0. The number of ketones is 1. The maximum atomic E-state index is 12.6. The highest BCUT2D eigenvalue weighted by molar-refractivity contribution is 5.86. The van der Waals surface area contributed by atoms with E-state index in [2.05, 4.69) is 5.32 Å². The van der Waals surface area contributed by atoms with Gasteiger partial charge >= 0.3 is 0 Å².